The quantitative estimate of drug-likeness (QED) is 0.482. The van der Waals surface area contributed by atoms with Crippen LogP contribution >= 0.6 is 26.6 Å². The van der Waals surface area contributed by atoms with Gasteiger partial charge >= 0.3 is 5.69 Å². The van der Waals surface area contributed by atoms with Crippen LogP contribution < -0.4 is 4.74 Å². The molecule has 16 heavy (non-hydrogen) atoms. The first-order chi connectivity index (χ1) is 7.27. The summed E-state index contributed by atoms with van der Waals surface area (Å²) in [5.74, 6) is -0.0610. The zero-order chi connectivity index (χ0) is 12.5. The number of hydrogen-bond acceptors (Lipinski definition) is 5. The number of rotatable bonds is 3. The standard InChI is InChI=1S/C7H5BrClNO5S/c1-15-7-5(8)2-4(16(9,13)14)3-6(7)10(11)12/h2-3H,1H3. The van der Waals surface area contributed by atoms with Crippen LogP contribution in [0.3, 0.4) is 0 Å². The predicted octanol–water partition coefficient (Wildman–Crippen LogP) is 2.29. The highest BCUT2D eigenvalue weighted by atomic mass is 79.9. The van der Waals surface area contributed by atoms with Gasteiger partial charge in [-0.3, -0.25) is 10.1 Å². The lowest BCUT2D eigenvalue weighted by Crippen LogP contribution is -1.98. The number of nitro benzene ring substituents is 1. The average molecular weight is 331 g/mol. The van der Waals surface area contributed by atoms with Crippen LogP contribution in [-0.2, 0) is 9.05 Å². The van der Waals surface area contributed by atoms with Crippen molar-refractivity contribution in [2.45, 2.75) is 4.90 Å². The highest BCUT2D eigenvalue weighted by Crippen LogP contribution is 2.37. The third kappa shape index (κ3) is 2.63. The van der Waals surface area contributed by atoms with Gasteiger partial charge in [-0.25, -0.2) is 8.42 Å². The molecule has 0 amide bonds. The zero-order valence-corrected chi connectivity index (χ0v) is 11.0. The molecule has 0 N–H and O–H groups in total. The van der Waals surface area contributed by atoms with Gasteiger partial charge in [0.2, 0.25) is 5.75 Å². The molecule has 0 bridgehead atoms. The van der Waals surface area contributed by atoms with Gasteiger partial charge < -0.3 is 4.74 Å². The minimum absolute atomic E-state index is 0.0610. The second-order valence-corrected chi connectivity index (χ2v) is 6.07. The summed E-state index contributed by atoms with van der Waals surface area (Å²) < 4.78 is 27.0. The van der Waals surface area contributed by atoms with Gasteiger partial charge in [-0.05, 0) is 22.0 Å². The maximum atomic E-state index is 11.0. The molecule has 0 fully saturated rings. The number of methoxy groups -OCH3 is 1. The molecule has 9 heteroatoms. The Bertz CT molecular complexity index is 544. The van der Waals surface area contributed by atoms with Crippen molar-refractivity contribution in [2.24, 2.45) is 0 Å². The van der Waals surface area contributed by atoms with Gasteiger partial charge in [0.15, 0.2) is 0 Å². The molecule has 0 aliphatic heterocycles. The topological polar surface area (TPSA) is 86.5 Å². The predicted molar refractivity (Wildman–Crippen MR) is 60.4 cm³/mol. The van der Waals surface area contributed by atoms with E-state index in [-0.39, 0.29) is 15.1 Å². The molecule has 0 heterocycles. The number of halogens is 2. The first-order valence-electron chi connectivity index (χ1n) is 3.74. The molecule has 0 saturated carbocycles. The molecular weight excluding hydrogens is 326 g/mol. The largest absolute Gasteiger partial charge is 0.489 e. The minimum atomic E-state index is -4.02. The Morgan fingerprint density at radius 1 is 1.50 bits per heavy atom. The fourth-order valence-corrected chi connectivity index (χ4v) is 2.57. The summed E-state index contributed by atoms with van der Waals surface area (Å²) in [6, 6.07) is 1.97. The Balaban J connectivity index is 3.59. The van der Waals surface area contributed by atoms with Gasteiger partial charge in [-0.2, -0.15) is 0 Å². The highest BCUT2D eigenvalue weighted by molar-refractivity contribution is 9.10. The lowest BCUT2D eigenvalue weighted by Gasteiger charge is -2.05. The van der Waals surface area contributed by atoms with Crippen molar-refractivity contribution < 1.29 is 18.1 Å². The molecule has 0 unspecified atom stereocenters. The Kier molecular flexibility index (Phi) is 3.76. The first kappa shape index (κ1) is 13.2. The lowest BCUT2D eigenvalue weighted by atomic mass is 10.3. The van der Waals surface area contributed by atoms with Crippen molar-refractivity contribution in [1.82, 2.24) is 0 Å². The third-order valence-corrected chi connectivity index (χ3v) is 3.60. The van der Waals surface area contributed by atoms with Crippen molar-refractivity contribution in [3.63, 3.8) is 0 Å². The van der Waals surface area contributed by atoms with E-state index in [9.17, 15) is 18.5 Å². The highest BCUT2D eigenvalue weighted by Gasteiger charge is 2.23. The molecule has 88 valence electrons. The summed E-state index contributed by atoms with van der Waals surface area (Å²) in [5.41, 5.74) is -0.476. The maximum absolute atomic E-state index is 11.0. The van der Waals surface area contributed by atoms with Gasteiger partial charge in [-0.1, -0.05) is 0 Å². The van der Waals surface area contributed by atoms with Crippen LogP contribution in [0, 0.1) is 10.1 Å². The number of benzene rings is 1. The van der Waals surface area contributed by atoms with Gasteiger partial charge in [0, 0.05) is 16.7 Å². The molecule has 1 rings (SSSR count). The van der Waals surface area contributed by atoms with E-state index in [2.05, 4.69) is 15.9 Å². The van der Waals surface area contributed by atoms with E-state index in [0.29, 0.717) is 0 Å². The van der Waals surface area contributed by atoms with Gasteiger partial charge in [-0.15, -0.1) is 0 Å². The van der Waals surface area contributed by atoms with E-state index in [1.165, 1.54) is 7.11 Å². The Morgan fingerprint density at radius 2 is 2.06 bits per heavy atom. The van der Waals surface area contributed by atoms with E-state index in [1.54, 1.807) is 0 Å². The van der Waals surface area contributed by atoms with Crippen molar-refractivity contribution in [1.29, 1.82) is 0 Å². The second kappa shape index (κ2) is 4.56. The first-order valence-corrected chi connectivity index (χ1v) is 6.84. The number of nitro groups is 1. The molecule has 1 aromatic carbocycles. The SMILES string of the molecule is COc1c(Br)cc(S(=O)(=O)Cl)cc1[N+](=O)[O-]. The molecule has 0 spiro atoms. The van der Waals surface area contributed by atoms with Crippen LogP contribution in [0.2, 0.25) is 0 Å². The summed E-state index contributed by atoms with van der Waals surface area (Å²) in [6.07, 6.45) is 0. The van der Waals surface area contributed by atoms with E-state index < -0.39 is 19.7 Å². The van der Waals surface area contributed by atoms with E-state index in [0.717, 1.165) is 12.1 Å². The van der Waals surface area contributed by atoms with Crippen molar-refractivity contribution in [2.75, 3.05) is 7.11 Å². The lowest BCUT2D eigenvalue weighted by molar-refractivity contribution is -0.386. The van der Waals surface area contributed by atoms with Crippen LogP contribution in [0.25, 0.3) is 0 Å². The summed E-state index contributed by atoms with van der Waals surface area (Å²) >= 11 is 2.97. The summed E-state index contributed by atoms with van der Waals surface area (Å²) in [6.45, 7) is 0. The fraction of sp³-hybridized carbons (Fsp3) is 0.143. The summed E-state index contributed by atoms with van der Waals surface area (Å²) in [7, 11) is 2.30. The van der Waals surface area contributed by atoms with Crippen molar-refractivity contribution in [3.05, 3.63) is 26.7 Å². The Hall–Kier alpha value is -0.860. The molecule has 0 atom stereocenters. The van der Waals surface area contributed by atoms with Crippen LogP contribution in [0.15, 0.2) is 21.5 Å². The third-order valence-electron chi connectivity index (χ3n) is 1.68. The molecule has 0 aliphatic carbocycles. The minimum Gasteiger partial charge on any atom is -0.489 e. The molecule has 6 nitrogen and oxygen atoms in total. The molecule has 0 aromatic heterocycles. The van der Waals surface area contributed by atoms with Crippen LogP contribution in [0.5, 0.6) is 5.75 Å². The summed E-state index contributed by atoms with van der Waals surface area (Å²) in [5, 5.41) is 10.7. The number of ether oxygens (including phenoxy) is 1. The van der Waals surface area contributed by atoms with E-state index >= 15 is 0 Å². The van der Waals surface area contributed by atoms with Crippen LogP contribution in [0.4, 0.5) is 5.69 Å². The average Bonchev–Trinajstić information content (AvgIpc) is 2.14. The summed E-state index contributed by atoms with van der Waals surface area (Å²) in [4.78, 5) is 9.56. The van der Waals surface area contributed by atoms with E-state index in [1.807, 2.05) is 0 Å². The Morgan fingerprint density at radius 3 is 2.44 bits per heavy atom. The fourth-order valence-electron chi connectivity index (χ4n) is 1.03. The smallest absolute Gasteiger partial charge is 0.313 e. The normalized spacial score (nSPS) is 11.2. The van der Waals surface area contributed by atoms with E-state index in [4.69, 9.17) is 15.4 Å². The molecule has 0 aliphatic rings. The van der Waals surface area contributed by atoms with Crippen molar-refractivity contribution in [3.8, 4) is 5.75 Å². The number of hydrogen-bond donors (Lipinski definition) is 0. The van der Waals surface area contributed by atoms with Gasteiger partial charge in [0.1, 0.15) is 0 Å². The second-order valence-electron chi connectivity index (χ2n) is 2.65. The molecule has 1 aromatic rings. The monoisotopic (exact) mass is 329 g/mol. The molecular formula is C7H5BrClNO5S. The van der Waals surface area contributed by atoms with Crippen LogP contribution in [0.1, 0.15) is 0 Å². The van der Waals surface area contributed by atoms with Crippen LogP contribution in [-0.4, -0.2) is 20.5 Å². The van der Waals surface area contributed by atoms with Gasteiger partial charge in [0.05, 0.1) is 21.4 Å². The van der Waals surface area contributed by atoms with Crippen molar-refractivity contribution >= 4 is 41.4 Å². The molecule has 0 saturated heterocycles. The molecule has 0 radical (unpaired) electrons. The Labute approximate surface area is 104 Å². The van der Waals surface area contributed by atoms with Gasteiger partial charge in [0.25, 0.3) is 9.05 Å². The zero-order valence-electron chi connectivity index (χ0n) is 7.81. The number of nitrogens with zero attached hydrogens (tertiary/aromatic N) is 1. The maximum Gasteiger partial charge on any atom is 0.313 e.